The Morgan fingerprint density at radius 3 is 2.91 bits per heavy atom. The van der Waals surface area contributed by atoms with E-state index < -0.39 is 0 Å². The lowest BCUT2D eigenvalue weighted by Gasteiger charge is -2.25. The van der Waals surface area contributed by atoms with Crippen molar-refractivity contribution in [1.82, 2.24) is 14.5 Å². The van der Waals surface area contributed by atoms with Gasteiger partial charge in [-0.15, -0.1) is 5.10 Å². The molecular weight excluding hydrogens is 314 g/mol. The van der Waals surface area contributed by atoms with Crippen molar-refractivity contribution in [3.05, 3.63) is 34.8 Å². The predicted octanol–water partition coefficient (Wildman–Crippen LogP) is 2.68. The fourth-order valence-corrected chi connectivity index (χ4v) is 3.62. The van der Waals surface area contributed by atoms with Gasteiger partial charge < -0.3 is 14.4 Å². The number of likely N-dealkylation sites (tertiary alicyclic amines) is 1. The van der Waals surface area contributed by atoms with Crippen LogP contribution in [0.15, 0.2) is 24.4 Å². The maximum atomic E-state index is 12.6. The smallest absolute Gasteiger partial charge is 0.267 e. The van der Waals surface area contributed by atoms with Crippen LogP contribution in [-0.4, -0.2) is 40.2 Å². The third-order valence-electron chi connectivity index (χ3n) is 4.24. The Kier molecular flexibility index (Phi) is 3.87. The standard InChI is InChI=1S/C16H17N3O3S/c20-16(15-10-17-18-23-15)19-6-1-3-12(19)11-4-5-13-14(9-11)22-8-2-7-21-13/h4-5,9-10,12H,1-3,6-8H2/t12-/m0/s1. The lowest BCUT2D eigenvalue weighted by Crippen LogP contribution is -2.30. The number of carbonyl (C=O) groups is 1. The molecule has 0 unspecified atom stereocenters. The fraction of sp³-hybridized carbons (Fsp3) is 0.438. The van der Waals surface area contributed by atoms with Crippen LogP contribution < -0.4 is 9.47 Å². The summed E-state index contributed by atoms with van der Waals surface area (Å²) in [6.07, 6.45) is 4.38. The zero-order chi connectivity index (χ0) is 15.6. The number of rotatable bonds is 2. The second-order valence-electron chi connectivity index (χ2n) is 5.69. The van der Waals surface area contributed by atoms with E-state index >= 15 is 0 Å². The lowest BCUT2D eigenvalue weighted by molar-refractivity contribution is 0.0740. The normalized spacial score (nSPS) is 20.3. The molecule has 0 bridgehead atoms. The third-order valence-corrected chi connectivity index (χ3v) is 4.89. The minimum absolute atomic E-state index is 0.00890. The Morgan fingerprint density at radius 2 is 2.09 bits per heavy atom. The minimum Gasteiger partial charge on any atom is -0.490 e. The molecule has 1 atom stereocenters. The number of benzene rings is 1. The molecule has 2 aliphatic rings. The van der Waals surface area contributed by atoms with Gasteiger partial charge in [0.2, 0.25) is 0 Å². The van der Waals surface area contributed by atoms with Crippen molar-refractivity contribution in [3.8, 4) is 11.5 Å². The van der Waals surface area contributed by atoms with E-state index in [1.807, 2.05) is 23.1 Å². The topological polar surface area (TPSA) is 64.6 Å². The molecule has 0 radical (unpaired) electrons. The third kappa shape index (κ3) is 2.76. The van der Waals surface area contributed by atoms with Crippen molar-refractivity contribution in [2.24, 2.45) is 0 Å². The van der Waals surface area contributed by atoms with Crippen LogP contribution >= 0.6 is 11.5 Å². The van der Waals surface area contributed by atoms with Gasteiger partial charge in [-0.2, -0.15) is 0 Å². The van der Waals surface area contributed by atoms with Crippen molar-refractivity contribution in [2.45, 2.75) is 25.3 Å². The molecule has 3 heterocycles. The maximum Gasteiger partial charge on any atom is 0.267 e. The molecule has 4 rings (SSSR count). The molecule has 0 saturated carbocycles. The number of carbonyl (C=O) groups excluding carboxylic acids is 1. The van der Waals surface area contributed by atoms with E-state index in [2.05, 4.69) is 9.59 Å². The molecular formula is C16H17N3O3S. The van der Waals surface area contributed by atoms with E-state index in [1.54, 1.807) is 0 Å². The fourth-order valence-electron chi connectivity index (χ4n) is 3.15. The summed E-state index contributed by atoms with van der Waals surface area (Å²) in [6, 6.07) is 6.07. The average molecular weight is 331 g/mol. The van der Waals surface area contributed by atoms with Gasteiger partial charge in [-0.1, -0.05) is 10.6 Å². The molecule has 120 valence electrons. The second kappa shape index (κ2) is 6.16. The van der Waals surface area contributed by atoms with E-state index in [9.17, 15) is 4.79 Å². The molecule has 7 heteroatoms. The van der Waals surface area contributed by atoms with E-state index in [1.165, 1.54) is 6.20 Å². The maximum absolute atomic E-state index is 12.6. The van der Waals surface area contributed by atoms with E-state index in [0.717, 1.165) is 54.4 Å². The quantitative estimate of drug-likeness (QED) is 0.846. The molecule has 2 aromatic rings. The average Bonchev–Trinajstić information content (AvgIpc) is 3.22. The van der Waals surface area contributed by atoms with Gasteiger partial charge in [0.05, 0.1) is 25.5 Å². The first-order chi connectivity index (χ1) is 11.3. The van der Waals surface area contributed by atoms with Gasteiger partial charge in [0.15, 0.2) is 11.5 Å². The first-order valence-corrected chi connectivity index (χ1v) is 8.58. The van der Waals surface area contributed by atoms with Crippen LogP contribution in [-0.2, 0) is 0 Å². The van der Waals surface area contributed by atoms with Gasteiger partial charge >= 0.3 is 0 Å². The van der Waals surface area contributed by atoms with Gasteiger partial charge in [0.25, 0.3) is 5.91 Å². The Morgan fingerprint density at radius 1 is 1.22 bits per heavy atom. The minimum atomic E-state index is 0.00890. The number of ether oxygens (including phenoxy) is 2. The number of nitrogens with zero attached hydrogens (tertiary/aromatic N) is 3. The number of hydrogen-bond donors (Lipinski definition) is 0. The highest BCUT2D eigenvalue weighted by Crippen LogP contribution is 2.38. The van der Waals surface area contributed by atoms with Crippen molar-refractivity contribution in [2.75, 3.05) is 19.8 Å². The number of aromatic nitrogens is 2. The summed E-state index contributed by atoms with van der Waals surface area (Å²) in [5, 5.41) is 3.76. The molecule has 2 aliphatic heterocycles. The monoisotopic (exact) mass is 331 g/mol. The highest BCUT2D eigenvalue weighted by atomic mass is 32.1. The van der Waals surface area contributed by atoms with Gasteiger partial charge in [-0.05, 0) is 42.1 Å². The first kappa shape index (κ1) is 14.4. The van der Waals surface area contributed by atoms with Crippen LogP contribution in [0.1, 0.15) is 40.5 Å². The van der Waals surface area contributed by atoms with Crippen LogP contribution in [0.3, 0.4) is 0 Å². The van der Waals surface area contributed by atoms with Crippen molar-refractivity contribution < 1.29 is 14.3 Å². The Hall–Kier alpha value is -2.15. The van der Waals surface area contributed by atoms with Crippen LogP contribution in [0.5, 0.6) is 11.5 Å². The lowest BCUT2D eigenvalue weighted by atomic mass is 10.0. The van der Waals surface area contributed by atoms with E-state index in [0.29, 0.717) is 18.1 Å². The SMILES string of the molecule is O=C(c1cnns1)N1CCC[C@H]1c1ccc2c(c1)OCCCO2. The van der Waals surface area contributed by atoms with E-state index in [4.69, 9.17) is 9.47 Å². The summed E-state index contributed by atoms with van der Waals surface area (Å²) in [5.41, 5.74) is 1.09. The summed E-state index contributed by atoms with van der Waals surface area (Å²) in [6.45, 7) is 2.10. The van der Waals surface area contributed by atoms with Crippen LogP contribution in [0, 0.1) is 0 Å². The van der Waals surface area contributed by atoms with E-state index in [-0.39, 0.29) is 11.9 Å². The summed E-state index contributed by atoms with van der Waals surface area (Å²) in [7, 11) is 0. The van der Waals surface area contributed by atoms with Crippen LogP contribution in [0.4, 0.5) is 0 Å². The molecule has 6 nitrogen and oxygen atoms in total. The Balaban J connectivity index is 1.61. The Bertz CT molecular complexity index is 705. The molecule has 0 N–H and O–H groups in total. The van der Waals surface area contributed by atoms with Crippen molar-refractivity contribution in [3.63, 3.8) is 0 Å². The van der Waals surface area contributed by atoms with Gasteiger partial charge in [-0.3, -0.25) is 4.79 Å². The van der Waals surface area contributed by atoms with Crippen molar-refractivity contribution >= 4 is 17.4 Å². The van der Waals surface area contributed by atoms with Crippen LogP contribution in [0.2, 0.25) is 0 Å². The first-order valence-electron chi connectivity index (χ1n) is 7.81. The summed E-state index contributed by atoms with van der Waals surface area (Å²) in [5.74, 6) is 1.57. The van der Waals surface area contributed by atoms with Crippen molar-refractivity contribution in [1.29, 1.82) is 0 Å². The zero-order valence-corrected chi connectivity index (χ0v) is 13.4. The largest absolute Gasteiger partial charge is 0.490 e. The molecule has 23 heavy (non-hydrogen) atoms. The van der Waals surface area contributed by atoms with Gasteiger partial charge in [-0.25, -0.2) is 0 Å². The highest BCUT2D eigenvalue weighted by molar-refractivity contribution is 7.07. The molecule has 1 aromatic heterocycles. The molecule has 1 amide bonds. The summed E-state index contributed by atoms with van der Waals surface area (Å²) < 4.78 is 15.2. The van der Waals surface area contributed by atoms with Gasteiger partial charge in [0, 0.05) is 13.0 Å². The van der Waals surface area contributed by atoms with Crippen LogP contribution in [0.25, 0.3) is 0 Å². The second-order valence-corrected chi connectivity index (χ2v) is 6.48. The van der Waals surface area contributed by atoms with Gasteiger partial charge in [0.1, 0.15) is 4.88 Å². The number of fused-ring (bicyclic) bond motifs is 1. The molecule has 1 aromatic carbocycles. The molecule has 0 aliphatic carbocycles. The zero-order valence-electron chi connectivity index (χ0n) is 12.6. The summed E-state index contributed by atoms with van der Waals surface area (Å²) in [4.78, 5) is 15.1. The number of hydrogen-bond acceptors (Lipinski definition) is 6. The summed E-state index contributed by atoms with van der Waals surface area (Å²) >= 11 is 1.14. The molecule has 1 fully saturated rings. The molecule has 0 spiro atoms. The Labute approximate surface area is 138 Å². The number of amides is 1. The molecule has 1 saturated heterocycles. The predicted molar refractivity (Wildman–Crippen MR) is 85.0 cm³/mol. The highest BCUT2D eigenvalue weighted by Gasteiger charge is 2.32.